The van der Waals surface area contributed by atoms with Crippen LogP contribution in [0.4, 0.5) is 0 Å². The number of hydrogen-bond acceptors (Lipinski definition) is 2. The van der Waals surface area contributed by atoms with Crippen LogP contribution in [0.1, 0.15) is 15.9 Å². The first-order chi connectivity index (χ1) is 12.3. The van der Waals surface area contributed by atoms with E-state index in [9.17, 15) is 4.79 Å². The molecule has 1 nitrogen and oxygen atoms in total. The van der Waals surface area contributed by atoms with Crippen molar-refractivity contribution in [3.63, 3.8) is 0 Å². The van der Waals surface area contributed by atoms with E-state index in [0.29, 0.717) is 0 Å². The average Bonchev–Trinajstić information content (AvgIpc) is 3.21. The average molecular weight is 338 g/mol. The van der Waals surface area contributed by atoms with Crippen LogP contribution in [0.15, 0.2) is 84.9 Å². The van der Waals surface area contributed by atoms with Gasteiger partial charge < -0.3 is 0 Å². The normalized spacial score (nSPS) is 12.1. The van der Waals surface area contributed by atoms with Crippen molar-refractivity contribution in [2.24, 2.45) is 0 Å². The fourth-order valence-electron chi connectivity index (χ4n) is 3.52. The second-order valence-electron chi connectivity index (χ2n) is 6.12. The molecule has 5 rings (SSSR count). The first-order valence-electron chi connectivity index (χ1n) is 8.26. The monoisotopic (exact) mass is 338 g/mol. The van der Waals surface area contributed by atoms with E-state index in [1.807, 2.05) is 54.6 Å². The first-order valence-corrected chi connectivity index (χ1v) is 9.08. The van der Waals surface area contributed by atoms with Crippen LogP contribution in [-0.4, -0.2) is 5.78 Å². The van der Waals surface area contributed by atoms with Gasteiger partial charge in [0.15, 0.2) is 5.78 Å². The highest BCUT2D eigenvalue weighted by Gasteiger charge is 2.34. The number of hydrogen-bond donors (Lipinski definition) is 0. The minimum Gasteiger partial charge on any atom is -0.289 e. The minimum atomic E-state index is 0.142. The molecule has 1 heterocycles. The molecule has 3 aromatic carbocycles. The Morgan fingerprint density at radius 3 is 1.60 bits per heavy atom. The lowest BCUT2D eigenvalue weighted by molar-refractivity contribution is 0.104. The molecule has 0 fully saturated rings. The SMILES string of the molecule is O=C1c2ccccc2-c2c(-c3ccccc3)sc(-c3ccccc3)c21. The van der Waals surface area contributed by atoms with Crippen molar-refractivity contribution in [1.82, 2.24) is 0 Å². The summed E-state index contributed by atoms with van der Waals surface area (Å²) >= 11 is 1.71. The van der Waals surface area contributed by atoms with Crippen molar-refractivity contribution in [3.05, 3.63) is 96.1 Å². The van der Waals surface area contributed by atoms with Gasteiger partial charge in [-0.3, -0.25) is 4.79 Å². The molecule has 1 aromatic heterocycles. The predicted molar refractivity (Wildman–Crippen MR) is 104 cm³/mol. The fourth-order valence-corrected chi connectivity index (χ4v) is 4.85. The minimum absolute atomic E-state index is 0.142. The first kappa shape index (κ1) is 14.4. The van der Waals surface area contributed by atoms with Gasteiger partial charge >= 0.3 is 0 Å². The molecule has 0 N–H and O–H groups in total. The molecule has 118 valence electrons. The van der Waals surface area contributed by atoms with Crippen LogP contribution in [0.5, 0.6) is 0 Å². The van der Waals surface area contributed by atoms with Gasteiger partial charge in [0.2, 0.25) is 0 Å². The van der Waals surface area contributed by atoms with Crippen LogP contribution >= 0.6 is 11.3 Å². The van der Waals surface area contributed by atoms with Gasteiger partial charge in [0.05, 0.1) is 0 Å². The zero-order valence-electron chi connectivity index (χ0n) is 13.4. The Bertz CT molecular complexity index is 1090. The Balaban J connectivity index is 1.86. The Morgan fingerprint density at radius 1 is 0.520 bits per heavy atom. The quantitative estimate of drug-likeness (QED) is 0.369. The molecule has 0 radical (unpaired) electrons. The van der Waals surface area contributed by atoms with Crippen LogP contribution in [-0.2, 0) is 0 Å². The van der Waals surface area contributed by atoms with Crippen molar-refractivity contribution in [2.45, 2.75) is 0 Å². The number of carbonyl (C=O) groups is 1. The molecule has 1 aliphatic rings. The molecule has 2 heteroatoms. The van der Waals surface area contributed by atoms with E-state index in [1.165, 1.54) is 4.88 Å². The van der Waals surface area contributed by atoms with Crippen LogP contribution in [0.25, 0.3) is 32.0 Å². The van der Waals surface area contributed by atoms with E-state index in [1.54, 1.807) is 11.3 Å². The molecule has 4 aromatic rings. The fraction of sp³-hybridized carbons (Fsp3) is 0. The zero-order chi connectivity index (χ0) is 16.8. The lowest BCUT2D eigenvalue weighted by Gasteiger charge is -2.03. The summed E-state index contributed by atoms with van der Waals surface area (Å²) in [6.45, 7) is 0. The highest BCUT2D eigenvalue weighted by molar-refractivity contribution is 7.20. The summed E-state index contributed by atoms with van der Waals surface area (Å²) in [6, 6.07) is 28.5. The van der Waals surface area contributed by atoms with Gasteiger partial charge in [-0.05, 0) is 16.7 Å². The number of benzene rings is 3. The number of ketones is 1. The van der Waals surface area contributed by atoms with E-state index < -0.39 is 0 Å². The molecule has 0 bridgehead atoms. The van der Waals surface area contributed by atoms with Crippen molar-refractivity contribution in [2.75, 3.05) is 0 Å². The molecule has 25 heavy (non-hydrogen) atoms. The Kier molecular flexibility index (Phi) is 3.19. The Hall–Kier alpha value is -2.97. The van der Waals surface area contributed by atoms with Gasteiger partial charge in [0, 0.05) is 26.4 Å². The third-order valence-corrected chi connectivity index (χ3v) is 5.94. The van der Waals surface area contributed by atoms with Crippen LogP contribution in [0.2, 0.25) is 0 Å². The third kappa shape index (κ3) is 2.11. The molecule has 0 saturated heterocycles. The van der Waals surface area contributed by atoms with Crippen LogP contribution in [0, 0.1) is 0 Å². The van der Waals surface area contributed by atoms with Gasteiger partial charge in [0.25, 0.3) is 0 Å². The smallest absolute Gasteiger partial charge is 0.195 e. The molecular weight excluding hydrogens is 324 g/mol. The number of thiophene rings is 1. The molecular formula is C23H14OS. The highest BCUT2D eigenvalue weighted by atomic mass is 32.1. The summed E-state index contributed by atoms with van der Waals surface area (Å²) in [5.74, 6) is 0.142. The van der Waals surface area contributed by atoms with Crippen molar-refractivity contribution >= 4 is 17.1 Å². The largest absolute Gasteiger partial charge is 0.289 e. The van der Waals surface area contributed by atoms with Gasteiger partial charge in [0.1, 0.15) is 0 Å². The van der Waals surface area contributed by atoms with Crippen molar-refractivity contribution in [1.29, 1.82) is 0 Å². The van der Waals surface area contributed by atoms with Gasteiger partial charge in [-0.2, -0.15) is 0 Å². The zero-order valence-corrected chi connectivity index (χ0v) is 14.2. The van der Waals surface area contributed by atoms with E-state index in [-0.39, 0.29) is 5.78 Å². The lowest BCUT2D eigenvalue weighted by atomic mass is 10.0. The van der Waals surface area contributed by atoms with E-state index in [0.717, 1.165) is 38.3 Å². The standard InChI is InChI=1S/C23H14OS/c24-21-18-14-8-7-13-17(18)19-20(21)23(16-11-5-2-6-12-16)25-22(19)15-9-3-1-4-10-15/h1-14H. The topological polar surface area (TPSA) is 17.1 Å². The van der Waals surface area contributed by atoms with Crippen molar-refractivity contribution < 1.29 is 4.79 Å². The summed E-state index contributed by atoms with van der Waals surface area (Å²) < 4.78 is 0. The summed E-state index contributed by atoms with van der Waals surface area (Å²) in [5, 5.41) is 0. The van der Waals surface area contributed by atoms with Gasteiger partial charge in [-0.25, -0.2) is 0 Å². The van der Waals surface area contributed by atoms with Crippen LogP contribution in [0.3, 0.4) is 0 Å². The second kappa shape index (κ2) is 5.54. The van der Waals surface area contributed by atoms with E-state index in [4.69, 9.17) is 0 Å². The lowest BCUT2D eigenvalue weighted by Crippen LogP contribution is -1.95. The van der Waals surface area contributed by atoms with Crippen molar-refractivity contribution in [3.8, 4) is 32.0 Å². The van der Waals surface area contributed by atoms with Gasteiger partial charge in [-0.1, -0.05) is 84.9 Å². The third-order valence-electron chi connectivity index (χ3n) is 4.65. The maximum Gasteiger partial charge on any atom is 0.195 e. The predicted octanol–water partition coefficient (Wildman–Crippen LogP) is 6.29. The molecule has 0 unspecified atom stereocenters. The number of rotatable bonds is 2. The Labute approximate surface area is 150 Å². The summed E-state index contributed by atoms with van der Waals surface area (Å²) in [4.78, 5) is 15.4. The summed E-state index contributed by atoms with van der Waals surface area (Å²) in [6.07, 6.45) is 0. The molecule has 0 saturated carbocycles. The highest BCUT2D eigenvalue weighted by Crippen LogP contribution is 2.52. The molecule has 0 aliphatic heterocycles. The maximum absolute atomic E-state index is 13.1. The Morgan fingerprint density at radius 2 is 1.00 bits per heavy atom. The number of carbonyl (C=O) groups excluding carboxylic acids is 1. The van der Waals surface area contributed by atoms with E-state index >= 15 is 0 Å². The summed E-state index contributed by atoms with van der Waals surface area (Å²) in [7, 11) is 0. The van der Waals surface area contributed by atoms with E-state index in [2.05, 4.69) is 30.3 Å². The second-order valence-corrected chi connectivity index (χ2v) is 7.14. The molecule has 1 aliphatic carbocycles. The summed E-state index contributed by atoms with van der Waals surface area (Å²) in [5.41, 5.74) is 6.09. The number of fused-ring (bicyclic) bond motifs is 3. The van der Waals surface area contributed by atoms with Crippen LogP contribution < -0.4 is 0 Å². The molecule has 0 spiro atoms. The van der Waals surface area contributed by atoms with Gasteiger partial charge in [-0.15, -0.1) is 11.3 Å². The molecule has 0 amide bonds. The maximum atomic E-state index is 13.1. The molecule has 0 atom stereocenters.